The number of halogens is 12. The highest BCUT2D eigenvalue weighted by molar-refractivity contribution is 6.32. The van der Waals surface area contributed by atoms with Crippen LogP contribution in [0.5, 0.6) is 11.5 Å². The summed E-state index contributed by atoms with van der Waals surface area (Å²) in [6.07, 6.45) is -17.7. The third-order valence-electron chi connectivity index (χ3n) is 8.55. The fraction of sp³-hybridized carbons (Fsp3) is 0.205. The zero-order valence-electron chi connectivity index (χ0n) is 30.3. The van der Waals surface area contributed by atoms with Crippen LogP contribution in [0, 0.1) is 13.8 Å². The van der Waals surface area contributed by atoms with E-state index in [0.717, 1.165) is 28.8 Å². The van der Waals surface area contributed by atoms with Crippen LogP contribution in [0.1, 0.15) is 33.4 Å². The lowest BCUT2D eigenvalue weighted by Crippen LogP contribution is -2.40. The van der Waals surface area contributed by atoms with E-state index >= 15 is 0 Å². The van der Waals surface area contributed by atoms with Crippen LogP contribution in [0.2, 0.25) is 15.1 Å². The van der Waals surface area contributed by atoms with Gasteiger partial charge in [-0.15, -0.1) is 0 Å². The van der Waals surface area contributed by atoms with E-state index in [4.69, 9.17) is 70.1 Å². The summed E-state index contributed by atoms with van der Waals surface area (Å²) in [6, 6.07) is 15.8. The number of carboxylic acids is 3. The summed E-state index contributed by atoms with van der Waals surface area (Å²) in [4.78, 5) is 31.3. The number of carboxylic acid groups (broad SMARTS) is 3. The number of aliphatic carboxylic acids is 3. The van der Waals surface area contributed by atoms with Crippen molar-refractivity contribution in [1.29, 1.82) is 0 Å². The summed E-state index contributed by atoms with van der Waals surface area (Å²) in [6.45, 7) is 3.73. The SMILES string of the molecule is Cc1ccc(Cc2cc3c(cc2Cl)C=C(C(=O)O)C(C(F)(F)F)O3)c(C)c1Cl.Nc1ccc(-c2cc(Cl)cc3c2OC(C(F)(F)F)C(C(=O)O)=C3)cc1.O=C(O)C(F)(F)F. The van der Waals surface area contributed by atoms with E-state index in [-0.39, 0.29) is 27.6 Å². The van der Waals surface area contributed by atoms with Crippen molar-refractivity contribution in [2.45, 2.75) is 51.0 Å². The Hall–Kier alpha value is -5.59. The normalized spacial score (nSPS) is 15.8. The van der Waals surface area contributed by atoms with Crippen molar-refractivity contribution in [3.63, 3.8) is 0 Å². The molecular weight excluding hydrogens is 888 g/mol. The van der Waals surface area contributed by atoms with Crippen LogP contribution in [-0.4, -0.2) is 64.0 Å². The standard InChI is InChI=1S/C20H15Cl2F3O3.C17H11ClF3NO3.C2HF3O2/c1-9-3-4-11(10(2)17(9)22)5-12-8-16-13(7-15(12)21)6-14(19(26)27)18(28-16)20(23,24)25;18-10-5-9-6-13(16(23)24)15(17(19,20)21)25-14(9)12(7-10)8-1-3-11(22)4-2-8;3-2(4,5)1(6)7/h3-4,6-8,18H,5H2,1-2H3,(H,26,27);1-7,15H,22H2,(H,23,24);(H,6,7). The molecular formula is C39H27Cl3F9NO8. The van der Waals surface area contributed by atoms with Crippen LogP contribution in [0.4, 0.5) is 45.2 Å². The first-order valence-corrected chi connectivity index (χ1v) is 17.7. The molecule has 6 rings (SSSR count). The van der Waals surface area contributed by atoms with Crippen LogP contribution in [0.15, 0.2) is 71.8 Å². The van der Waals surface area contributed by atoms with Gasteiger partial charge in [-0.3, -0.25) is 0 Å². The van der Waals surface area contributed by atoms with Gasteiger partial charge in [-0.25, -0.2) is 14.4 Å². The molecule has 0 saturated carbocycles. The Labute approximate surface area is 348 Å². The number of nitrogens with two attached hydrogens (primary N) is 1. The lowest BCUT2D eigenvalue weighted by molar-refractivity contribution is -0.192. The van der Waals surface area contributed by atoms with E-state index in [2.05, 4.69) is 0 Å². The van der Waals surface area contributed by atoms with E-state index in [0.29, 0.717) is 38.8 Å². The number of aryl methyl sites for hydroxylation is 1. The number of benzene rings is 4. The number of ether oxygens (including phenoxy) is 2. The molecule has 0 amide bonds. The van der Waals surface area contributed by atoms with Gasteiger partial charge in [0.05, 0.1) is 11.1 Å². The maximum absolute atomic E-state index is 13.2. The average molecular weight is 915 g/mol. The molecule has 2 heterocycles. The number of anilines is 1. The maximum atomic E-state index is 13.2. The summed E-state index contributed by atoms with van der Waals surface area (Å²) in [5, 5.41) is 26.5. The lowest BCUT2D eigenvalue weighted by atomic mass is 9.95. The van der Waals surface area contributed by atoms with Crippen molar-refractivity contribution in [2.24, 2.45) is 0 Å². The summed E-state index contributed by atoms with van der Waals surface area (Å²) in [5.74, 6) is -6.31. The van der Waals surface area contributed by atoms with Gasteiger partial charge in [0.1, 0.15) is 11.5 Å². The minimum atomic E-state index is -5.08. The Balaban J connectivity index is 0.000000230. The fourth-order valence-corrected chi connectivity index (χ4v) is 6.29. The zero-order chi connectivity index (χ0) is 45.2. The third-order valence-corrected chi connectivity index (χ3v) is 9.71. The number of rotatable bonds is 5. The molecule has 2 unspecified atom stereocenters. The van der Waals surface area contributed by atoms with Gasteiger partial charge in [-0.05, 0) is 96.6 Å². The number of carbonyl (C=O) groups is 3. The lowest BCUT2D eigenvalue weighted by Gasteiger charge is -2.28. The second-order valence-electron chi connectivity index (χ2n) is 12.8. The molecule has 21 heteroatoms. The van der Waals surface area contributed by atoms with Gasteiger partial charge in [-0.1, -0.05) is 59.1 Å². The quantitative estimate of drug-likeness (QED) is 0.113. The molecule has 60 heavy (non-hydrogen) atoms. The second-order valence-corrected chi connectivity index (χ2v) is 14.0. The fourth-order valence-electron chi connectivity index (χ4n) is 5.64. The third kappa shape index (κ3) is 11.2. The van der Waals surface area contributed by atoms with Gasteiger partial charge in [0.2, 0.25) is 12.2 Å². The van der Waals surface area contributed by atoms with Crippen LogP contribution in [0.3, 0.4) is 0 Å². The largest absolute Gasteiger partial charge is 0.490 e. The topological polar surface area (TPSA) is 156 Å². The first kappa shape index (κ1) is 47.1. The van der Waals surface area contributed by atoms with Gasteiger partial charge < -0.3 is 30.5 Å². The number of hydrogen-bond donors (Lipinski definition) is 4. The van der Waals surface area contributed by atoms with Crippen LogP contribution in [0.25, 0.3) is 23.3 Å². The van der Waals surface area contributed by atoms with Gasteiger partial charge in [0.25, 0.3) is 0 Å². The molecule has 320 valence electrons. The summed E-state index contributed by atoms with van der Waals surface area (Å²) in [7, 11) is 0. The highest BCUT2D eigenvalue weighted by Gasteiger charge is 2.50. The predicted octanol–water partition coefficient (Wildman–Crippen LogP) is 11.0. The van der Waals surface area contributed by atoms with Crippen molar-refractivity contribution in [2.75, 3.05) is 5.73 Å². The molecule has 4 aromatic carbocycles. The summed E-state index contributed by atoms with van der Waals surface area (Å²) in [5.41, 5.74) is 8.74. The maximum Gasteiger partial charge on any atom is 0.490 e. The first-order chi connectivity index (χ1) is 27.6. The van der Waals surface area contributed by atoms with Gasteiger partial charge in [0.15, 0.2) is 0 Å². The summed E-state index contributed by atoms with van der Waals surface area (Å²) >= 11 is 18.6. The van der Waals surface area contributed by atoms with E-state index in [1.54, 1.807) is 24.3 Å². The number of hydrogen-bond acceptors (Lipinski definition) is 6. The molecule has 0 fully saturated rings. The molecule has 2 aliphatic rings. The van der Waals surface area contributed by atoms with Crippen molar-refractivity contribution in [3.05, 3.63) is 120 Å². The van der Waals surface area contributed by atoms with Gasteiger partial charge >= 0.3 is 36.4 Å². The molecule has 9 nitrogen and oxygen atoms in total. The van der Waals surface area contributed by atoms with Gasteiger partial charge in [0, 0.05) is 37.4 Å². The Morgan fingerprint density at radius 3 is 1.72 bits per heavy atom. The molecule has 2 aliphatic heterocycles. The highest BCUT2D eigenvalue weighted by Crippen LogP contribution is 2.45. The van der Waals surface area contributed by atoms with Crippen molar-refractivity contribution >= 4 is 70.6 Å². The molecule has 0 saturated heterocycles. The van der Waals surface area contributed by atoms with E-state index in [1.165, 1.54) is 24.3 Å². The number of fused-ring (bicyclic) bond motifs is 2. The Bertz CT molecular complexity index is 2390. The predicted molar refractivity (Wildman–Crippen MR) is 202 cm³/mol. The molecule has 0 radical (unpaired) electrons. The molecule has 5 N–H and O–H groups in total. The van der Waals surface area contributed by atoms with Crippen LogP contribution < -0.4 is 15.2 Å². The minimum absolute atomic E-state index is 0.0670. The second kappa shape index (κ2) is 17.9. The number of nitrogen functional groups attached to an aromatic ring is 1. The highest BCUT2D eigenvalue weighted by atomic mass is 35.5. The van der Waals surface area contributed by atoms with Crippen LogP contribution >= 0.6 is 34.8 Å². The number of alkyl halides is 9. The Kier molecular flexibility index (Phi) is 14.1. The van der Waals surface area contributed by atoms with E-state index in [9.17, 15) is 49.1 Å². The summed E-state index contributed by atoms with van der Waals surface area (Å²) < 4.78 is 121. The van der Waals surface area contributed by atoms with Gasteiger partial charge in [-0.2, -0.15) is 39.5 Å². The molecule has 2 atom stereocenters. The van der Waals surface area contributed by atoms with Crippen LogP contribution in [-0.2, 0) is 20.8 Å². The molecule has 0 bridgehead atoms. The van der Waals surface area contributed by atoms with E-state index in [1.807, 2.05) is 26.0 Å². The first-order valence-electron chi connectivity index (χ1n) is 16.5. The Morgan fingerprint density at radius 2 is 1.22 bits per heavy atom. The molecule has 0 spiro atoms. The molecule has 0 aromatic heterocycles. The minimum Gasteiger partial charge on any atom is -0.478 e. The smallest absolute Gasteiger partial charge is 0.478 e. The Morgan fingerprint density at radius 1 is 0.700 bits per heavy atom. The zero-order valence-corrected chi connectivity index (χ0v) is 32.6. The average Bonchev–Trinajstić information content (AvgIpc) is 3.13. The van der Waals surface area contributed by atoms with E-state index < -0.39 is 59.8 Å². The molecule has 0 aliphatic carbocycles. The van der Waals surface area contributed by atoms with Crippen molar-refractivity contribution in [1.82, 2.24) is 0 Å². The molecule has 4 aromatic rings. The van der Waals surface area contributed by atoms with Crippen molar-refractivity contribution < 1.29 is 78.7 Å². The van der Waals surface area contributed by atoms with Crippen molar-refractivity contribution in [3.8, 4) is 22.6 Å². The monoisotopic (exact) mass is 913 g/mol.